The summed E-state index contributed by atoms with van der Waals surface area (Å²) in [5.74, 6) is -2.64. The minimum Gasteiger partial charge on any atom is -0.267 e. The van der Waals surface area contributed by atoms with E-state index in [1.165, 1.54) is 12.1 Å². The van der Waals surface area contributed by atoms with E-state index >= 15 is 0 Å². The number of hydrogen-bond acceptors (Lipinski definition) is 2. The molecule has 0 saturated carbocycles. The highest BCUT2D eigenvalue weighted by Crippen LogP contribution is 2.39. The third kappa shape index (κ3) is 4.94. The molecule has 0 aliphatic rings. The maximum Gasteiger partial charge on any atom is 0.417 e. The van der Waals surface area contributed by atoms with Crippen LogP contribution in [0.1, 0.15) is 37.4 Å². The number of alkyl halides is 6. The maximum atomic E-state index is 13.1. The molecule has 0 aliphatic carbocycles. The molecule has 0 bridgehead atoms. The molecule has 0 radical (unpaired) electrons. The molecule has 2 amide bonds. The highest BCUT2D eigenvalue weighted by atomic mass is 127. The van der Waals surface area contributed by atoms with Gasteiger partial charge in [0.2, 0.25) is 0 Å². The summed E-state index contributed by atoms with van der Waals surface area (Å²) in [7, 11) is 0. The van der Waals surface area contributed by atoms with Crippen LogP contribution in [0.5, 0.6) is 0 Å². The second-order valence-electron chi connectivity index (χ2n) is 5.60. The van der Waals surface area contributed by atoms with Gasteiger partial charge in [-0.1, -0.05) is 12.1 Å². The van der Waals surface area contributed by atoms with Crippen LogP contribution >= 0.6 is 22.6 Å². The second-order valence-corrected chi connectivity index (χ2v) is 6.76. The molecule has 2 rings (SSSR count). The van der Waals surface area contributed by atoms with Gasteiger partial charge in [-0.3, -0.25) is 20.4 Å². The fraction of sp³-hybridized carbons (Fsp3) is 0.176. The van der Waals surface area contributed by atoms with E-state index in [9.17, 15) is 35.9 Å². The Bertz CT molecular complexity index is 893. The van der Waals surface area contributed by atoms with Crippen molar-refractivity contribution in [2.24, 2.45) is 0 Å². The van der Waals surface area contributed by atoms with Crippen LogP contribution in [0.25, 0.3) is 0 Å². The monoisotopic (exact) mass is 516 g/mol. The molecular formula is C17H11F6IN2O2. The number of rotatable bonds is 2. The summed E-state index contributed by atoms with van der Waals surface area (Å²) in [6.45, 7) is 1.78. The van der Waals surface area contributed by atoms with E-state index < -0.39 is 40.9 Å². The molecule has 2 aromatic rings. The molecule has 0 spiro atoms. The van der Waals surface area contributed by atoms with E-state index in [4.69, 9.17) is 0 Å². The lowest BCUT2D eigenvalue weighted by Crippen LogP contribution is -2.43. The third-order valence-electron chi connectivity index (χ3n) is 3.63. The smallest absolute Gasteiger partial charge is 0.267 e. The number of hydrazine groups is 1. The number of benzene rings is 2. The van der Waals surface area contributed by atoms with E-state index in [-0.39, 0.29) is 5.56 Å². The zero-order valence-corrected chi connectivity index (χ0v) is 16.1. The number of aryl methyl sites for hydroxylation is 1. The van der Waals surface area contributed by atoms with Crippen molar-refractivity contribution < 1.29 is 35.9 Å². The van der Waals surface area contributed by atoms with E-state index in [0.29, 0.717) is 21.8 Å². The zero-order chi connectivity index (χ0) is 21.3. The largest absolute Gasteiger partial charge is 0.417 e. The Morgan fingerprint density at radius 1 is 0.857 bits per heavy atom. The number of hydrogen-bond donors (Lipinski definition) is 2. The molecule has 0 saturated heterocycles. The van der Waals surface area contributed by atoms with Crippen LogP contribution in [-0.4, -0.2) is 11.8 Å². The summed E-state index contributed by atoms with van der Waals surface area (Å²) in [4.78, 5) is 24.1. The van der Waals surface area contributed by atoms with Crippen LogP contribution in [0.4, 0.5) is 26.3 Å². The van der Waals surface area contributed by atoms with Crippen LogP contribution in [-0.2, 0) is 12.4 Å². The molecule has 0 aliphatic heterocycles. The fourth-order valence-corrected chi connectivity index (χ4v) is 2.77. The van der Waals surface area contributed by atoms with Gasteiger partial charge in [0.25, 0.3) is 11.8 Å². The molecule has 4 nitrogen and oxygen atoms in total. The first-order valence-corrected chi connectivity index (χ1v) is 8.54. The summed E-state index contributed by atoms with van der Waals surface area (Å²) < 4.78 is 79.2. The predicted molar refractivity (Wildman–Crippen MR) is 95.3 cm³/mol. The third-order valence-corrected chi connectivity index (χ3v) is 4.79. The van der Waals surface area contributed by atoms with Crippen molar-refractivity contribution >= 4 is 34.4 Å². The molecule has 0 unspecified atom stereocenters. The number of halogens is 7. The first-order valence-electron chi connectivity index (χ1n) is 7.46. The van der Waals surface area contributed by atoms with Gasteiger partial charge in [0.15, 0.2) is 0 Å². The van der Waals surface area contributed by atoms with Crippen molar-refractivity contribution in [1.29, 1.82) is 0 Å². The minimum absolute atomic E-state index is 0.0652. The van der Waals surface area contributed by atoms with Crippen molar-refractivity contribution in [1.82, 2.24) is 10.9 Å². The van der Waals surface area contributed by atoms with Gasteiger partial charge in [-0.15, -0.1) is 0 Å². The number of nitrogens with one attached hydrogen (secondary N) is 2. The minimum atomic E-state index is -5.20. The molecule has 0 fully saturated rings. The van der Waals surface area contributed by atoms with E-state index in [1.807, 2.05) is 28.0 Å². The molecule has 2 N–H and O–H groups in total. The van der Waals surface area contributed by atoms with E-state index in [1.54, 1.807) is 18.4 Å². The van der Waals surface area contributed by atoms with Gasteiger partial charge in [0.05, 0.1) is 16.7 Å². The van der Waals surface area contributed by atoms with Crippen LogP contribution in [0.3, 0.4) is 0 Å². The Morgan fingerprint density at radius 3 is 1.82 bits per heavy atom. The Balaban J connectivity index is 2.33. The summed E-state index contributed by atoms with van der Waals surface area (Å²) >= 11 is 1.94. The van der Waals surface area contributed by atoms with E-state index in [2.05, 4.69) is 0 Å². The van der Waals surface area contributed by atoms with Crippen molar-refractivity contribution in [2.75, 3.05) is 0 Å². The standard InChI is InChI=1S/C17H11F6IN2O2/c1-8-5-6-9(7-12(8)24)14(27)25-26-15(28)13-10(16(18,19)20)3-2-4-11(13)17(21,22)23/h2-7H,1H3,(H,25,27)(H,26,28). The zero-order valence-electron chi connectivity index (χ0n) is 13.9. The van der Waals surface area contributed by atoms with Gasteiger partial charge in [-0.25, -0.2) is 0 Å². The average molecular weight is 516 g/mol. The van der Waals surface area contributed by atoms with Crippen LogP contribution < -0.4 is 10.9 Å². The highest BCUT2D eigenvalue weighted by Gasteiger charge is 2.42. The average Bonchev–Trinajstić information content (AvgIpc) is 2.59. The Kier molecular flexibility index (Phi) is 6.26. The van der Waals surface area contributed by atoms with Crippen LogP contribution in [0.15, 0.2) is 36.4 Å². The lowest BCUT2D eigenvalue weighted by molar-refractivity contribution is -0.143. The van der Waals surface area contributed by atoms with Crippen molar-refractivity contribution in [3.63, 3.8) is 0 Å². The quantitative estimate of drug-likeness (QED) is 0.345. The topological polar surface area (TPSA) is 58.2 Å². The van der Waals surface area contributed by atoms with Gasteiger partial charge in [-0.2, -0.15) is 26.3 Å². The van der Waals surface area contributed by atoms with Gasteiger partial charge in [-0.05, 0) is 59.3 Å². The molecular weight excluding hydrogens is 505 g/mol. The summed E-state index contributed by atoms with van der Waals surface area (Å²) in [6.07, 6.45) is -10.4. The van der Waals surface area contributed by atoms with Gasteiger partial charge in [0.1, 0.15) is 0 Å². The van der Waals surface area contributed by atoms with Crippen molar-refractivity contribution in [3.05, 3.63) is 67.8 Å². The normalized spacial score (nSPS) is 11.9. The van der Waals surface area contributed by atoms with Gasteiger partial charge in [0, 0.05) is 9.13 Å². The second kappa shape index (κ2) is 7.97. The van der Waals surface area contributed by atoms with Gasteiger partial charge >= 0.3 is 12.4 Å². The lowest BCUT2D eigenvalue weighted by atomic mass is 9.99. The number of amides is 2. The molecule has 0 aromatic heterocycles. The predicted octanol–water partition coefficient (Wildman–Crippen LogP) is 4.71. The Hall–Kier alpha value is -2.31. The summed E-state index contributed by atoms with van der Waals surface area (Å²) in [5, 5.41) is 0. The Labute approximate surface area is 168 Å². The summed E-state index contributed by atoms with van der Waals surface area (Å²) in [5.41, 5.74) is -0.792. The highest BCUT2D eigenvalue weighted by molar-refractivity contribution is 14.1. The van der Waals surface area contributed by atoms with E-state index in [0.717, 1.165) is 5.56 Å². The summed E-state index contributed by atoms with van der Waals surface area (Å²) in [6, 6.07) is 5.70. The first-order chi connectivity index (χ1) is 12.8. The van der Waals surface area contributed by atoms with Crippen LogP contribution in [0.2, 0.25) is 0 Å². The molecule has 11 heteroatoms. The molecule has 150 valence electrons. The maximum absolute atomic E-state index is 13.1. The lowest BCUT2D eigenvalue weighted by Gasteiger charge is -2.18. The molecule has 0 heterocycles. The van der Waals surface area contributed by atoms with Gasteiger partial charge < -0.3 is 0 Å². The Morgan fingerprint density at radius 2 is 1.36 bits per heavy atom. The first kappa shape index (κ1) is 22.0. The van der Waals surface area contributed by atoms with Crippen molar-refractivity contribution in [3.8, 4) is 0 Å². The number of carbonyl (C=O) groups excluding carboxylic acids is 2. The molecule has 0 atom stereocenters. The SMILES string of the molecule is Cc1ccc(C(=O)NNC(=O)c2c(C(F)(F)F)cccc2C(F)(F)F)cc1I. The van der Waals surface area contributed by atoms with Crippen LogP contribution in [0, 0.1) is 10.5 Å². The molecule has 2 aromatic carbocycles. The molecule has 28 heavy (non-hydrogen) atoms. The van der Waals surface area contributed by atoms with Crippen molar-refractivity contribution in [2.45, 2.75) is 19.3 Å². The fourth-order valence-electron chi connectivity index (χ4n) is 2.25. The number of carbonyl (C=O) groups is 2.